The lowest BCUT2D eigenvalue weighted by atomic mass is 10.00. The summed E-state index contributed by atoms with van der Waals surface area (Å²) >= 11 is 0. The lowest BCUT2D eigenvalue weighted by Crippen LogP contribution is -2.47. The van der Waals surface area contributed by atoms with E-state index >= 15 is 0 Å². The van der Waals surface area contributed by atoms with Crippen LogP contribution in [0.25, 0.3) is 0 Å². The zero-order chi connectivity index (χ0) is 26.1. The van der Waals surface area contributed by atoms with Gasteiger partial charge in [0, 0.05) is 50.9 Å². The summed E-state index contributed by atoms with van der Waals surface area (Å²) in [7, 11) is 1.73. The van der Waals surface area contributed by atoms with Crippen molar-refractivity contribution >= 4 is 30.5 Å². The molecule has 1 unspecified atom stereocenters. The second kappa shape index (κ2) is 16.9. The highest BCUT2D eigenvalue weighted by Crippen LogP contribution is 2.34. The molecule has 7 nitrogen and oxygen atoms in total. The van der Waals surface area contributed by atoms with Crippen molar-refractivity contribution in [3.63, 3.8) is 0 Å². The van der Waals surface area contributed by atoms with Gasteiger partial charge in [-0.3, -0.25) is 4.90 Å². The average Bonchev–Trinajstić information content (AvgIpc) is 2.87. The zero-order valence-electron chi connectivity index (χ0n) is 23.7. The van der Waals surface area contributed by atoms with Crippen molar-refractivity contribution in [3.8, 4) is 17.2 Å². The molecule has 1 atom stereocenters. The van der Waals surface area contributed by atoms with Gasteiger partial charge in [0.05, 0.1) is 12.8 Å². The molecule has 1 fully saturated rings. The summed E-state index contributed by atoms with van der Waals surface area (Å²) in [6.07, 6.45) is -0.548. The smallest absolute Gasteiger partial charge is 0.142 e. The maximum Gasteiger partial charge on any atom is 0.142 e. The Morgan fingerprint density at radius 1 is 0.921 bits per heavy atom. The Balaban J connectivity index is 0.00000361. The third kappa shape index (κ3) is 10.0. The Morgan fingerprint density at radius 3 is 2.24 bits per heavy atom. The van der Waals surface area contributed by atoms with Crippen molar-refractivity contribution in [1.82, 2.24) is 10.2 Å². The monoisotopic (exact) mass is 571 g/mol. The molecule has 38 heavy (non-hydrogen) atoms. The van der Waals surface area contributed by atoms with Crippen LogP contribution in [0.2, 0.25) is 0 Å². The number of aliphatic hydroxyl groups excluding tert-OH is 1. The Bertz CT molecular complexity index is 953. The predicted octanol–water partition coefficient (Wildman–Crippen LogP) is 4.91. The number of para-hydroxylation sites is 2. The fraction of sp³-hybridized carbons (Fsp3) is 0.586. The minimum atomic E-state index is -0.548. The van der Waals surface area contributed by atoms with Crippen molar-refractivity contribution in [2.45, 2.75) is 52.7 Å². The molecule has 2 aromatic rings. The molecule has 1 saturated heterocycles. The SMILES string of the molecule is COc1ccccc1N1CCN(CCOc2cc(C)c(OCC(O)CNC(C)C)cc2C(C)C)CC1.Cl.Cl. The zero-order valence-corrected chi connectivity index (χ0v) is 25.4. The van der Waals surface area contributed by atoms with Crippen LogP contribution in [0.15, 0.2) is 36.4 Å². The summed E-state index contributed by atoms with van der Waals surface area (Å²) in [6, 6.07) is 12.7. The minimum absolute atomic E-state index is 0. The number of nitrogens with one attached hydrogen (secondary N) is 1. The van der Waals surface area contributed by atoms with E-state index in [1.54, 1.807) is 7.11 Å². The summed E-state index contributed by atoms with van der Waals surface area (Å²) in [5.74, 6) is 2.96. The molecular weight excluding hydrogens is 525 g/mol. The first-order valence-corrected chi connectivity index (χ1v) is 13.2. The highest BCUT2D eigenvalue weighted by Gasteiger charge is 2.20. The molecule has 0 radical (unpaired) electrons. The van der Waals surface area contributed by atoms with Crippen LogP contribution in [-0.4, -0.2) is 81.7 Å². The number of methoxy groups -OCH3 is 1. The van der Waals surface area contributed by atoms with Gasteiger partial charge in [0.25, 0.3) is 0 Å². The topological polar surface area (TPSA) is 66.4 Å². The lowest BCUT2D eigenvalue weighted by molar-refractivity contribution is 0.104. The molecule has 0 saturated carbocycles. The van der Waals surface area contributed by atoms with Gasteiger partial charge in [-0.1, -0.05) is 39.8 Å². The number of hydrogen-bond acceptors (Lipinski definition) is 7. The fourth-order valence-corrected chi connectivity index (χ4v) is 4.41. The van der Waals surface area contributed by atoms with Gasteiger partial charge in [-0.2, -0.15) is 0 Å². The Labute approximate surface area is 241 Å². The van der Waals surface area contributed by atoms with Gasteiger partial charge in [0.1, 0.15) is 36.6 Å². The summed E-state index contributed by atoms with van der Waals surface area (Å²) in [5.41, 5.74) is 3.31. The van der Waals surface area contributed by atoms with Gasteiger partial charge in [0.2, 0.25) is 0 Å². The van der Waals surface area contributed by atoms with Gasteiger partial charge in [-0.15, -0.1) is 24.8 Å². The molecule has 0 spiro atoms. The third-order valence-electron chi connectivity index (χ3n) is 6.59. The van der Waals surface area contributed by atoms with Gasteiger partial charge in [-0.25, -0.2) is 0 Å². The van der Waals surface area contributed by atoms with Crippen LogP contribution >= 0.6 is 24.8 Å². The van der Waals surface area contributed by atoms with E-state index < -0.39 is 6.10 Å². The number of piperazine rings is 1. The van der Waals surface area contributed by atoms with E-state index in [0.717, 1.165) is 61.1 Å². The molecule has 1 heterocycles. The first kappa shape index (κ1) is 34.1. The Kier molecular flexibility index (Phi) is 15.2. The molecule has 1 aliphatic rings. The molecule has 0 bridgehead atoms. The van der Waals surface area contributed by atoms with Crippen molar-refractivity contribution < 1.29 is 19.3 Å². The number of aliphatic hydroxyl groups is 1. The standard InChI is InChI=1S/C29H45N3O4.2ClH/c1-21(2)25-18-28(36-20-24(33)19-30-22(3)4)23(5)17-29(25)35-16-15-31-11-13-32(14-12-31)26-9-7-8-10-27(26)34-6;;/h7-10,17-18,21-22,24,30,33H,11-16,19-20H2,1-6H3;2*1H. The van der Waals surface area contributed by atoms with Crippen LogP contribution in [0.1, 0.15) is 44.7 Å². The molecule has 0 aromatic heterocycles. The Hall–Kier alpha value is -1.90. The van der Waals surface area contributed by atoms with Crippen molar-refractivity contribution in [1.29, 1.82) is 0 Å². The van der Waals surface area contributed by atoms with E-state index in [4.69, 9.17) is 14.2 Å². The number of rotatable bonds is 13. The fourth-order valence-electron chi connectivity index (χ4n) is 4.41. The van der Waals surface area contributed by atoms with Gasteiger partial charge in [-0.05, 0) is 42.7 Å². The molecule has 216 valence electrons. The van der Waals surface area contributed by atoms with E-state index in [-0.39, 0.29) is 31.4 Å². The van der Waals surface area contributed by atoms with Crippen LogP contribution < -0.4 is 24.4 Å². The van der Waals surface area contributed by atoms with Gasteiger partial charge < -0.3 is 29.5 Å². The minimum Gasteiger partial charge on any atom is -0.495 e. The summed E-state index contributed by atoms with van der Waals surface area (Å²) in [4.78, 5) is 4.85. The van der Waals surface area contributed by atoms with Crippen LogP contribution in [-0.2, 0) is 0 Å². The highest BCUT2D eigenvalue weighted by molar-refractivity contribution is 5.85. The number of ether oxygens (including phenoxy) is 3. The van der Waals surface area contributed by atoms with Crippen LogP contribution in [0.3, 0.4) is 0 Å². The van der Waals surface area contributed by atoms with Crippen molar-refractivity contribution in [2.75, 3.05) is 64.5 Å². The second-order valence-corrected chi connectivity index (χ2v) is 10.2. The first-order chi connectivity index (χ1) is 17.3. The van der Waals surface area contributed by atoms with E-state index in [1.165, 1.54) is 5.69 Å². The van der Waals surface area contributed by atoms with Crippen LogP contribution in [0.5, 0.6) is 17.2 Å². The van der Waals surface area contributed by atoms with Crippen molar-refractivity contribution in [3.05, 3.63) is 47.5 Å². The molecule has 0 aliphatic carbocycles. The number of anilines is 1. The largest absolute Gasteiger partial charge is 0.495 e. The molecule has 2 N–H and O–H groups in total. The van der Waals surface area contributed by atoms with E-state index in [0.29, 0.717) is 25.1 Å². The molecular formula is C29H47Cl2N3O4. The second-order valence-electron chi connectivity index (χ2n) is 10.2. The summed E-state index contributed by atoms with van der Waals surface area (Å²) in [6.45, 7) is 16.8. The maximum absolute atomic E-state index is 10.2. The Morgan fingerprint density at radius 2 is 1.61 bits per heavy atom. The third-order valence-corrected chi connectivity index (χ3v) is 6.59. The van der Waals surface area contributed by atoms with E-state index in [2.05, 4.69) is 67.1 Å². The first-order valence-electron chi connectivity index (χ1n) is 13.2. The lowest BCUT2D eigenvalue weighted by Gasteiger charge is -2.36. The quantitative estimate of drug-likeness (QED) is 0.354. The van der Waals surface area contributed by atoms with Crippen molar-refractivity contribution in [2.24, 2.45) is 0 Å². The highest BCUT2D eigenvalue weighted by atomic mass is 35.5. The number of benzene rings is 2. The number of hydrogen-bond donors (Lipinski definition) is 2. The molecule has 9 heteroatoms. The van der Waals surface area contributed by atoms with Crippen LogP contribution in [0, 0.1) is 6.92 Å². The maximum atomic E-state index is 10.2. The number of aryl methyl sites for hydroxylation is 1. The molecule has 3 rings (SSSR count). The van der Waals surface area contributed by atoms with E-state index in [9.17, 15) is 5.11 Å². The normalized spacial score (nSPS) is 14.6. The molecule has 1 aliphatic heterocycles. The summed E-state index contributed by atoms with van der Waals surface area (Å²) in [5, 5.41) is 13.4. The molecule has 0 amide bonds. The average molecular weight is 573 g/mol. The van der Waals surface area contributed by atoms with Gasteiger partial charge >= 0.3 is 0 Å². The number of halogens is 2. The van der Waals surface area contributed by atoms with Crippen LogP contribution in [0.4, 0.5) is 5.69 Å². The van der Waals surface area contributed by atoms with E-state index in [1.807, 2.05) is 19.1 Å². The van der Waals surface area contributed by atoms with Gasteiger partial charge in [0.15, 0.2) is 0 Å². The number of nitrogens with zero attached hydrogens (tertiary/aromatic N) is 2. The molecule has 2 aromatic carbocycles. The summed E-state index contributed by atoms with van der Waals surface area (Å²) < 4.78 is 17.8. The predicted molar refractivity (Wildman–Crippen MR) is 162 cm³/mol.